The van der Waals surface area contributed by atoms with Crippen molar-refractivity contribution in [3.8, 4) is 5.75 Å². The van der Waals surface area contributed by atoms with E-state index in [1.807, 2.05) is 0 Å². The van der Waals surface area contributed by atoms with E-state index in [1.54, 1.807) is 31.4 Å². The van der Waals surface area contributed by atoms with Gasteiger partial charge >= 0.3 is 5.97 Å². The zero-order chi connectivity index (χ0) is 14.7. The lowest BCUT2D eigenvalue weighted by Crippen LogP contribution is -2.24. The fourth-order valence-electron chi connectivity index (χ4n) is 2.38. The van der Waals surface area contributed by atoms with E-state index in [0.29, 0.717) is 5.75 Å². The maximum atomic E-state index is 11.8. The van der Waals surface area contributed by atoms with Crippen molar-refractivity contribution in [3.05, 3.63) is 41.2 Å². The van der Waals surface area contributed by atoms with Gasteiger partial charge in [-0.05, 0) is 17.7 Å². The van der Waals surface area contributed by atoms with Crippen LogP contribution in [0.15, 0.2) is 35.6 Å². The van der Waals surface area contributed by atoms with Crippen LogP contribution in [-0.2, 0) is 14.3 Å². The smallest absolute Gasteiger partial charge is 0.337 e. The summed E-state index contributed by atoms with van der Waals surface area (Å²) in [6.45, 7) is 0. The molecule has 0 spiro atoms. The molecule has 0 radical (unpaired) electrons. The molecule has 0 saturated heterocycles. The number of aliphatic hydroxyl groups excluding tert-OH is 1. The molecule has 2 rings (SSSR count). The van der Waals surface area contributed by atoms with Gasteiger partial charge in [0.05, 0.1) is 26.2 Å². The molecule has 0 amide bonds. The SMILES string of the molecule is COC(=O)C1=C(O)CC(=O)C[C@H]1c1ccc(OC)cc1. The summed E-state index contributed by atoms with van der Waals surface area (Å²) in [5, 5.41) is 9.91. The zero-order valence-corrected chi connectivity index (χ0v) is 11.4. The predicted octanol–water partition coefficient (Wildman–Crippen LogP) is 2.13. The number of carbonyl (C=O) groups is 2. The molecule has 1 aliphatic carbocycles. The van der Waals surface area contributed by atoms with Gasteiger partial charge in [0.2, 0.25) is 0 Å². The first-order chi connectivity index (χ1) is 9.56. The highest BCUT2D eigenvalue weighted by Crippen LogP contribution is 2.36. The molecule has 0 unspecified atom stereocenters. The molecule has 1 aliphatic rings. The minimum atomic E-state index is -0.601. The lowest BCUT2D eigenvalue weighted by molar-refractivity contribution is -0.137. The third-order valence-corrected chi connectivity index (χ3v) is 3.38. The van der Waals surface area contributed by atoms with Crippen LogP contribution < -0.4 is 4.74 Å². The number of allylic oxidation sites excluding steroid dienone is 1. The van der Waals surface area contributed by atoms with Crippen LogP contribution in [-0.4, -0.2) is 31.1 Å². The van der Waals surface area contributed by atoms with Crippen molar-refractivity contribution in [2.45, 2.75) is 18.8 Å². The van der Waals surface area contributed by atoms with Crippen molar-refractivity contribution in [2.24, 2.45) is 0 Å². The summed E-state index contributed by atoms with van der Waals surface area (Å²) in [6, 6.07) is 7.05. The largest absolute Gasteiger partial charge is 0.511 e. The average molecular weight is 276 g/mol. The Morgan fingerprint density at radius 2 is 1.90 bits per heavy atom. The lowest BCUT2D eigenvalue weighted by atomic mass is 9.81. The molecular weight excluding hydrogens is 260 g/mol. The molecule has 5 heteroatoms. The minimum Gasteiger partial charge on any atom is -0.511 e. The Morgan fingerprint density at radius 1 is 1.25 bits per heavy atom. The second kappa shape index (κ2) is 5.77. The van der Waals surface area contributed by atoms with Gasteiger partial charge in [-0.25, -0.2) is 4.79 Å². The topological polar surface area (TPSA) is 72.8 Å². The van der Waals surface area contributed by atoms with Gasteiger partial charge in [0.15, 0.2) is 0 Å². The fraction of sp³-hybridized carbons (Fsp3) is 0.333. The standard InChI is InChI=1S/C15H16O5/c1-19-11-5-3-9(4-6-11)12-7-10(16)8-13(17)14(12)15(18)20-2/h3-6,12,17H,7-8H2,1-2H3/t12-/m0/s1. The van der Waals surface area contributed by atoms with Gasteiger partial charge < -0.3 is 14.6 Å². The first-order valence-electron chi connectivity index (χ1n) is 6.22. The maximum Gasteiger partial charge on any atom is 0.337 e. The number of rotatable bonds is 3. The van der Waals surface area contributed by atoms with Crippen molar-refractivity contribution in [3.63, 3.8) is 0 Å². The summed E-state index contributed by atoms with van der Waals surface area (Å²) in [5.74, 6) is -0.695. The molecule has 1 N–H and O–H groups in total. The van der Waals surface area contributed by atoms with Gasteiger partial charge in [-0.3, -0.25) is 4.79 Å². The Hall–Kier alpha value is -2.30. The van der Waals surface area contributed by atoms with Crippen LogP contribution in [0.2, 0.25) is 0 Å². The van der Waals surface area contributed by atoms with Crippen molar-refractivity contribution in [1.29, 1.82) is 0 Å². The number of aliphatic hydroxyl groups is 1. The highest BCUT2D eigenvalue weighted by Gasteiger charge is 2.34. The number of hydrogen-bond acceptors (Lipinski definition) is 5. The van der Waals surface area contributed by atoms with Crippen LogP contribution in [0.25, 0.3) is 0 Å². The number of methoxy groups -OCH3 is 2. The van der Waals surface area contributed by atoms with Crippen LogP contribution >= 0.6 is 0 Å². The number of ketones is 1. The average Bonchev–Trinajstić information content (AvgIpc) is 2.46. The van der Waals surface area contributed by atoms with Crippen LogP contribution in [0.5, 0.6) is 5.75 Å². The van der Waals surface area contributed by atoms with E-state index in [9.17, 15) is 14.7 Å². The third-order valence-electron chi connectivity index (χ3n) is 3.38. The number of hydrogen-bond donors (Lipinski definition) is 1. The first kappa shape index (κ1) is 14.1. The van der Waals surface area contributed by atoms with E-state index in [-0.39, 0.29) is 30.0 Å². The fourth-order valence-corrected chi connectivity index (χ4v) is 2.38. The second-order valence-electron chi connectivity index (χ2n) is 4.60. The van der Waals surface area contributed by atoms with Crippen molar-refractivity contribution in [2.75, 3.05) is 14.2 Å². The van der Waals surface area contributed by atoms with E-state index >= 15 is 0 Å². The van der Waals surface area contributed by atoms with Crippen molar-refractivity contribution in [1.82, 2.24) is 0 Å². The van der Waals surface area contributed by atoms with E-state index in [4.69, 9.17) is 9.47 Å². The number of carbonyl (C=O) groups excluding carboxylic acids is 2. The van der Waals surface area contributed by atoms with Gasteiger partial charge in [0.1, 0.15) is 17.3 Å². The number of benzene rings is 1. The summed E-state index contributed by atoms with van der Waals surface area (Å²) in [6.07, 6.45) is 0.0674. The van der Waals surface area contributed by atoms with Gasteiger partial charge in [0, 0.05) is 12.3 Å². The van der Waals surface area contributed by atoms with E-state index in [1.165, 1.54) is 7.11 Å². The molecule has 20 heavy (non-hydrogen) atoms. The normalized spacial score (nSPS) is 18.9. The van der Waals surface area contributed by atoms with Gasteiger partial charge in [0.25, 0.3) is 0 Å². The number of Topliss-reactive ketones (excluding diaryl/α,β-unsaturated/α-hetero) is 1. The Bertz CT molecular complexity index is 556. The molecular formula is C15H16O5. The zero-order valence-electron chi connectivity index (χ0n) is 11.4. The molecule has 0 heterocycles. The van der Waals surface area contributed by atoms with E-state index < -0.39 is 11.9 Å². The first-order valence-corrected chi connectivity index (χ1v) is 6.22. The molecule has 0 aliphatic heterocycles. The molecule has 1 aromatic carbocycles. The highest BCUT2D eigenvalue weighted by molar-refractivity contribution is 5.96. The second-order valence-corrected chi connectivity index (χ2v) is 4.60. The Labute approximate surface area is 116 Å². The molecule has 5 nitrogen and oxygen atoms in total. The Morgan fingerprint density at radius 3 is 2.45 bits per heavy atom. The molecule has 106 valence electrons. The Balaban J connectivity index is 2.42. The summed E-state index contributed by atoms with van der Waals surface area (Å²) in [5.41, 5.74) is 0.933. The van der Waals surface area contributed by atoms with Crippen LogP contribution in [0.1, 0.15) is 24.3 Å². The summed E-state index contributed by atoms with van der Waals surface area (Å²) >= 11 is 0. The van der Waals surface area contributed by atoms with Crippen molar-refractivity contribution < 1.29 is 24.2 Å². The quantitative estimate of drug-likeness (QED) is 0.856. The third kappa shape index (κ3) is 2.66. The summed E-state index contributed by atoms with van der Waals surface area (Å²) < 4.78 is 9.77. The van der Waals surface area contributed by atoms with Gasteiger partial charge in [-0.1, -0.05) is 12.1 Å². The van der Waals surface area contributed by atoms with Crippen molar-refractivity contribution >= 4 is 11.8 Å². The Kier molecular flexibility index (Phi) is 4.08. The molecule has 0 fully saturated rings. The highest BCUT2D eigenvalue weighted by atomic mass is 16.5. The molecule has 1 aromatic rings. The number of esters is 1. The van der Waals surface area contributed by atoms with Gasteiger partial charge in [-0.15, -0.1) is 0 Å². The van der Waals surface area contributed by atoms with E-state index in [0.717, 1.165) is 5.56 Å². The molecule has 0 aromatic heterocycles. The molecule has 0 saturated carbocycles. The monoisotopic (exact) mass is 276 g/mol. The van der Waals surface area contributed by atoms with Gasteiger partial charge in [-0.2, -0.15) is 0 Å². The maximum absolute atomic E-state index is 11.8. The van der Waals surface area contributed by atoms with E-state index in [2.05, 4.69) is 0 Å². The summed E-state index contributed by atoms with van der Waals surface area (Å²) in [4.78, 5) is 23.5. The predicted molar refractivity (Wildman–Crippen MR) is 71.6 cm³/mol. The molecule has 1 atom stereocenters. The van der Waals surface area contributed by atoms with Crippen LogP contribution in [0.3, 0.4) is 0 Å². The van der Waals surface area contributed by atoms with Crippen LogP contribution in [0.4, 0.5) is 0 Å². The number of ether oxygens (including phenoxy) is 2. The summed E-state index contributed by atoms with van der Waals surface area (Å²) in [7, 11) is 2.81. The minimum absolute atomic E-state index is 0.101. The van der Waals surface area contributed by atoms with Crippen LogP contribution in [0, 0.1) is 0 Å². The lowest BCUT2D eigenvalue weighted by Gasteiger charge is -2.24. The molecule has 0 bridgehead atoms.